The van der Waals surface area contributed by atoms with Gasteiger partial charge in [-0.3, -0.25) is 0 Å². The van der Waals surface area contributed by atoms with E-state index < -0.39 is 0 Å². The van der Waals surface area contributed by atoms with E-state index in [0.717, 1.165) is 17.4 Å². The number of rotatable bonds is 6. The lowest BCUT2D eigenvalue weighted by Gasteiger charge is -2.09. The molecule has 0 aromatic heterocycles. The van der Waals surface area contributed by atoms with Gasteiger partial charge in [0.15, 0.2) is 0 Å². The summed E-state index contributed by atoms with van der Waals surface area (Å²) in [6.45, 7) is 4.61. The molecule has 0 fully saturated rings. The van der Waals surface area contributed by atoms with Gasteiger partial charge in [0, 0.05) is 5.02 Å². The van der Waals surface area contributed by atoms with Crippen molar-refractivity contribution in [2.75, 3.05) is 0 Å². The predicted molar refractivity (Wildman–Crippen MR) is 68.5 cm³/mol. The maximum absolute atomic E-state index is 5.94. The zero-order valence-electron chi connectivity index (χ0n) is 9.80. The normalized spacial score (nSPS) is 12.7. The molecule has 0 aliphatic carbocycles. The molecule has 0 aliphatic rings. The minimum absolute atomic E-state index is 0.856. The summed E-state index contributed by atoms with van der Waals surface area (Å²) < 4.78 is 0. The van der Waals surface area contributed by atoms with E-state index in [9.17, 15) is 0 Å². The van der Waals surface area contributed by atoms with Crippen LogP contribution in [0.4, 0.5) is 0 Å². The molecule has 1 unspecified atom stereocenters. The monoisotopic (exact) mass is 224 g/mol. The molecule has 15 heavy (non-hydrogen) atoms. The van der Waals surface area contributed by atoms with Crippen molar-refractivity contribution in [2.45, 2.75) is 46.0 Å². The van der Waals surface area contributed by atoms with Crippen LogP contribution in [0.1, 0.15) is 45.1 Å². The van der Waals surface area contributed by atoms with Crippen LogP contribution in [0, 0.1) is 5.92 Å². The summed E-state index contributed by atoms with van der Waals surface area (Å²) in [5, 5.41) is 0.856. The second kappa shape index (κ2) is 6.90. The summed E-state index contributed by atoms with van der Waals surface area (Å²) in [7, 11) is 0. The Bertz CT molecular complexity index is 280. The van der Waals surface area contributed by atoms with Crippen LogP contribution < -0.4 is 0 Å². The lowest BCUT2D eigenvalue weighted by Crippen LogP contribution is -1.95. The van der Waals surface area contributed by atoms with Gasteiger partial charge >= 0.3 is 0 Å². The van der Waals surface area contributed by atoms with Crippen molar-refractivity contribution in [1.82, 2.24) is 0 Å². The quantitative estimate of drug-likeness (QED) is 0.631. The van der Waals surface area contributed by atoms with Gasteiger partial charge < -0.3 is 0 Å². The molecule has 1 rings (SSSR count). The molecule has 0 nitrogen and oxygen atoms in total. The van der Waals surface area contributed by atoms with Crippen LogP contribution in [-0.2, 0) is 6.42 Å². The molecule has 1 aromatic rings. The van der Waals surface area contributed by atoms with E-state index in [2.05, 4.69) is 26.0 Å². The second-order valence-corrected chi connectivity index (χ2v) is 4.85. The van der Waals surface area contributed by atoms with E-state index in [1.54, 1.807) is 0 Å². The number of halogens is 1. The Hall–Kier alpha value is -0.490. The average molecular weight is 225 g/mol. The van der Waals surface area contributed by atoms with Crippen LogP contribution >= 0.6 is 11.6 Å². The van der Waals surface area contributed by atoms with E-state index in [-0.39, 0.29) is 0 Å². The van der Waals surface area contributed by atoms with E-state index >= 15 is 0 Å². The van der Waals surface area contributed by atoms with Crippen LogP contribution in [0.25, 0.3) is 0 Å². The summed E-state index contributed by atoms with van der Waals surface area (Å²) in [6, 6.07) is 8.21. The predicted octanol–water partition coefficient (Wildman–Crippen LogP) is 5.10. The Balaban J connectivity index is 2.25. The first kappa shape index (κ1) is 12.6. The highest BCUT2D eigenvalue weighted by Gasteiger charge is 2.01. The van der Waals surface area contributed by atoms with Gasteiger partial charge in [-0.25, -0.2) is 0 Å². The zero-order chi connectivity index (χ0) is 11.1. The Labute approximate surface area is 98.7 Å². The van der Waals surface area contributed by atoms with E-state index in [0.29, 0.717) is 0 Å². The van der Waals surface area contributed by atoms with Gasteiger partial charge in [0.25, 0.3) is 0 Å². The second-order valence-electron chi connectivity index (χ2n) is 4.42. The Kier molecular flexibility index (Phi) is 5.78. The fourth-order valence-electron chi connectivity index (χ4n) is 1.98. The molecule has 0 radical (unpaired) electrons. The van der Waals surface area contributed by atoms with Crippen LogP contribution in [-0.4, -0.2) is 0 Å². The van der Waals surface area contributed by atoms with Crippen molar-refractivity contribution in [3.63, 3.8) is 0 Å². The molecule has 0 amide bonds. The minimum Gasteiger partial charge on any atom is -0.0843 e. The summed E-state index contributed by atoms with van der Waals surface area (Å²) >= 11 is 5.94. The minimum atomic E-state index is 0.856. The number of hydrogen-bond acceptors (Lipinski definition) is 0. The molecule has 1 heteroatoms. The van der Waals surface area contributed by atoms with Gasteiger partial charge in [0.1, 0.15) is 0 Å². The first-order chi connectivity index (χ1) is 7.22. The highest BCUT2D eigenvalue weighted by molar-refractivity contribution is 6.30. The molecule has 0 bridgehead atoms. The first-order valence-corrected chi connectivity index (χ1v) is 6.34. The molecule has 84 valence electrons. The highest BCUT2D eigenvalue weighted by Crippen LogP contribution is 2.16. The fraction of sp³-hybridized carbons (Fsp3) is 0.571. The van der Waals surface area contributed by atoms with Crippen molar-refractivity contribution in [2.24, 2.45) is 5.92 Å². The SMILES string of the molecule is CCCC(C)CCCc1cccc(Cl)c1. The van der Waals surface area contributed by atoms with Crippen molar-refractivity contribution >= 4 is 11.6 Å². The smallest absolute Gasteiger partial charge is 0.0408 e. The molecule has 0 saturated heterocycles. The molecule has 0 spiro atoms. The van der Waals surface area contributed by atoms with Crippen molar-refractivity contribution in [1.29, 1.82) is 0 Å². The van der Waals surface area contributed by atoms with Crippen LogP contribution in [0.15, 0.2) is 24.3 Å². The Morgan fingerprint density at radius 2 is 2.07 bits per heavy atom. The van der Waals surface area contributed by atoms with Crippen LogP contribution in [0.2, 0.25) is 5.02 Å². The Morgan fingerprint density at radius 1 is 1.27 bits per heavy atom. The number of benzene rings is 1. The number of aryl methyl sites for hydroxylation is 1. The first-order valence-electron chi connectivity index (χ1n) is 5.96. The summed E-state index contributed by atoms with van der Waals surface area (Å²) in [4.78, 5) is 0. The summed E-state index contributed by atoms with van der Waals surface area (Å²) in [6.07, 6.45) is 6.43. The third kappa shape index (κ3) is 5.22. The van der Waals surface area contributed by atoms with Gasteiger partial charge in [-0.15, -0.1) is 0 Å². The third-order valence-corrected chi connectivity index (χ3v) is 3.07. The standard InChI is InChI=1S/C14H21Cl/c1-3-6-12(2)7-4-8-13-9-5-10-14(15)11-13/h5,9-12H,3-4,6-8H2,1-2H3. The van der Waals surface area contributed by atoms with Gasteiger partial charge in [-0.05, 0) is 36.5 Å². The molecular formula is C14H21Cl. The van der Waals surface area contributed by atoms with Gasteiger partial charge in [-0.2, -0.15) is 0 Å². The molecule has 1 atom stereocenters. The van der Waals surface area contributed by atoms with E-state index in [4.69, 9.17) is 11.6 Å². The lowest BCUT2D eigenvalue weighted by molar-refractivity contribution is 0.469. The van der Waals surface area contributed by atoms with E-state index in [1.165, 1.54) is 31.2 Å². The molecule has 0 aliphatic heterocycles. The third-order valence-electron chi connectivity index (χ3n) is 2.83. The number of hydrogen-bond donors (Lipinski definition) is 0. The average Bonchev–Trinajstić information content (AvgIpc) is 2.18. The molecule has 0 saturated carbocycles. The fourth-order valence-corrected chi connectivity index (χ4v) is 2.20. The van der Waals surface area contributed by atoms with E-state index in [1.807, 2.05) is 12.1 Å². The molecule has 1 aromatic carbocycles. The molecule has 0 heterocycles. The largest absolute Gasteiger partial charge is 0.0843 e. The summed E-state index contributed by atoms with van der Waals surface area (Å²) in [5.74, 6) is 0.870. The Morgan fingerprint density at radius 3 is 2.73 bits per heavy atom. The van der Waals surface area contributed by atoms with Crippen molar-refractivity contribution in [3.8, 4) is 0 Å². The van der Waals surface area contributed by atoms with Crippen LogP contribution in [0.5, 0.6) is 0 Å². The summed E-state index contributed by atoms with van der Waals surface area (Å²) in [5.41, 5.74) is 1.37. The lowest BCUT2D eigenvalue weighted by atomic mass is 9.97. The van der Waals surface area contributed by atoms with Crippen molar-refractivity contribution < 1.29 is 0 Å². The molecule has 0 N–H and O–H groups in total. The van der Waals surface area contributed by atoms with Crippen molar-refractivity contribution in [3.05, 3.63) is 34.9 Å². The topological polar surface area (TPSA) is 0 Å². The maximum atomic E-state index is 5.94. The molecular weight excluding hydrogens is 204 g/mol. The van der Waals surface area contributed by atoms with Crippen LogP contribution in [0.3, 0.4) is 0 Å². The highest BCUT2D eigenvalue weighted by atomic mass is 35.5. The maximum Gasteiger partial charge on any atom is 0.0408 e. The zero-order valence-corrected chi connectivity index (χ0v) is 10.6. The van der Waals surface area contributed by atoms with Gasteiger partial charge in [0.2, 0.25) is 0 Å². The van der Waals surface area contributed by atoms with Gasteiger partial charge in [-0.1, -0.05) is 56.8 Å². The van der Waals surface area contributed by atoms with Gasteiger partial charge in [0.05, 0.1) is 0 Å².